The lowest BCUT2D eigenvalue weighted by Crippen LogP contribution is -2.36. The normalized spacial score (nSPS) is 12.0. The van der Waals surface area contributed by atoms with Crippen LogP contribution >= 0.6 is 0 Å². The number of aromatic nitrogens is 1. The van der Waals surface area contributed by atoms with Crippen molar-refractivity contribution >= 4 is 11.6 Å². The van der Waals surface area contributed by atoms with E-state index in [0.717, 1.165) is 18.7 Å². The van der Waals surface area contributed by atoms with Gasteiger partial charge < -0.3 is 15.3 Å². The van der Waals surface area contributed by atoms with Crippen LogP contribution in [0.25, 0.3) is 0 Å². The molecule has 1 rings (SSSR count). The summed E-state index contributed by atoms with van der Waals surface area (Å²) in [4.78, 5) is 17.7. The number of amides is 1. The van der Waals surface area contributed by atoms with Crippen molar-refractivity contribution in [3.8, 4) is 0 Å². The van der Waals surface area contributed by atoms with Crippen molar-refractivity contribution in [3.05, 3.63) is 24.0 Å². The molecule has 1 heterocycles. The third-order valence-corrected chi connectivity index (χ3v) is 2.97. The van der Waals surface area contributed by atoms with Gasteiger partial charge in [-0.3, -0.25) is 9.78 Å². The first kappa shape index (κ1) is 15.4. The predicted octanol–water partition coefficient (Wildman–Crippen LogP) is 1.49. The van der Waals surface area contributed by atoms with E-state index in [0.29, 0.717) is 18.7 Å². The van der Waals surface area contributed by atoms with E-state index in [9.17, 15) is 9.90 Å². The number of carbonyl (C=O) groups excluding carboxylic acids is 1. The highest BCUT2D eigenvalue weighted by Gasteiger charge is 2.12. The molecule has 1 unspecified atom stereocenters. The van der Waals surface area contributed by atoms with Crippen LogP contribution in [0, 0.1) is 0 Å². The topological polar surface area (TPSA) is 65.5 Å². The molecule has 5 heteroatoms. The highest BCUT2D eigenvalue weighted by atomic mass is 16.3. The number of aliphatic hydroxyl groups excluding tert-OH is 1. The van der Waals surface area contributed by atoms with Crippen molar-refractivity contribution in [2.75, 3.05) is 25.0 Å². The number of likely N-dealkylation sites (N-methyl/N-ethyl adjacent to an activating group) is 1. The van der Waals surface area contributed by atoms with Crippen LogP contribution in [0.2, 0.25) is 0 Å². The van der Waals surface area contributed by atoms with Crippen LogP contribution in [0.5, 0.6) is 0 Å². The lowest BCUT2D eigenvalue weighted by atomic mass is 10.2. The molecular formula is C14H23N3O2. The number of hydrogen-bond donors (Lipinski definition) is 2. The lowest BCUT2D eigenvalue weighted by Gasteiger charge is -2.23. The molecule has 106 valence electrons. The second-order valence-corrected chi connectivity index (χ2v) is 4.46. The minimum atomic E-state index is -0.521. The van der Waals surface area contributed by atoms with Crippen molar-refractivity contribution < 1.29 is 9.90 Å². The third kappa shape index (κ3) is 4.52. The molecular weight excluding hydrogens is 242 g/mol. The minimum absolute atomic E-state index is 0.0221. The highest BCUT2D eigenvalue weighted by molar-refractivity contribution is 5.80. The van der Waals surface area contributed by atoms with Gasteiger partial charge in [0.25, 0.3) is 0 Å². The molecule has 0 spiro atoms. The summed E-state index contributed by atoms with van der Waals surface area (Å²) >= 11 is 0. The van der Waals surface area contributed by atoms with Crippen LogP contribution in [-0.2, 0) is 4.79 Å². The smallest absolute Gasteiger partial charge is 0.239 e. The summed E-state index contributed by atoms with van der Waals surface area (Å²) in [6, 6.07) is 3.72. The van der Waals surface area contributed by atoms with Crippen LogP contribution in [0.1, 0.15) is 38.5 Å². The molecule has 0 aliphatic rings. The van der Waals surface area contributed by atoms with E-state index in [-0.39, 0.29) is 5.91 Å². The molecule has 0 fully saturated rings. The molecule has 5 nitrogen and oxygen atoms in total. The van der Waals surface area contributed by atoms with Gasteiger partial charge in [-0.05, 0) is 25.0 Å². The van der Waals surface area contributed by atoms with Gasteiger partial charge in [0, 0.05) is 13.6 Å². The zero-order chi connectivity index (χ0) is 14.3. The molecule has 1 atom stereocenters. The molecule has 0 saturated heterocycles. The Morgan fingerprint density at radius 2 is 2.21 bits per heavy atom. The average Bonchev–Trinajstić information content (AvgIpc) is 2.46. The number of aliphatic hydroxyl groups is 1. The summed E-state index contributed by atoms with van der Waals surface area (Å²) in [5.41, 5.74) is 1.57. The molecule has 19 heavy (non-hydrogen) atoms. The van der Waals surface area contributed by atoms with Crippen LogP contribution in [-0.4, -0.2) is 36.1 Å². The standard InChI is InChI=1S/C14H23N3O2/c1-4-8-17(10-14(19)15-3)11-6-7-12(16-9-11)13(18)5-2/h6-7,9,13,18H,4-5,8,10H2,1-3H3,(H,15,19). The third-order valence-electron chi connectivity index (χ3n) is 2.97. The molecule has 2 N–H and O–H groups in total. The van der Waals surface area contributed by atoms with Crippen LogP contribution in [0.4, 0.5) is 5.69 Å². The molecule has 0 aromatic carbocycles. The van der Waals surface area contributed by atoms with E-state index >= 15 is 0 Å². The highest BCUT2D eigenvalue weighted by Crippen LogP contribution is 2.18. The number of pyridine rings is 1. The number of rotatable bonds is 7. The SMILES string of the molecule is CCCN(CC(=O)NC)c1ccc(C(O)CC)nc1. The van der Waals surface area contributed by atoms with E-state index in [1.54, 1.807) is 13.2 Å². The van der Waals surface area contributed by atoms with Crippen LogP contribution in [0.3, 0.4) is 0 Å². The summed E-state index contributed by atoms with van der Waals surface area (Å²) in [5.74, 6) is -0.0221. The first-order valence-corrected chi connectivity index (χ1v) is 6.71. The largest absolute Gasteiger partial charge is 0.387 e. The Morgan fingerprint density at radius 1 is 1.47 bits per heavy atom. The number of nitrogens with zero attached hydrogens (tertiary/aromatic N) is 2. The molecule has 0 radical (unpaired) electrons. The molecule has 0 bridgehead atoms. The maximum atomic E-state index is 11.5. The Hall–Kier alpha value is -1.62. The average molecular weight is 265 g/mol. The molecule has 1 amide bonds. The fourth-order valence-corrected chi connectivity index (χ4v) is 1.81. The quantitative estimate of drug-likeness (QED) is 0.784. The first-order chi connectivity index (χ1) is 9.12. The maximum absolute atomic E-state index is 11.5. The Balaban J connectivity index is 2.81. The number of anilines is 1. The lowest BCUT2D eigenvalue weighted by molar-refractivity contribution is -0.119. The zero-order valence-electron chi connectivity index (χ0n) is 11.9. The molecule has 1 aromatic heterocycles. The summed E-state index contributed by atoms with van der Waals surface area (Å²) in [6.45, 7) is 5.10. The van der Waals surface area contributed by atoms with E-state index in [2.05, 4.69) is 17.2 Å². The summed E-state index contributed by atoms with van der Waals surface area (Å²) in [6.07, 6.45) is 2.79. The van der Waals surface area contributed by atoms with Crippen molar-refractivity contribution in [2.24, 2.45) is 0 Å². The number of carbonyl (C=O) groups is 1. The van der Waals surface area contributed by atoms with Crippen LogP contribution < -0.4 is 10.2 Å². The monoisotopic (exact) mass is 265 g/mol. The maximum Gasteiger partial charge on any atom is 0.239 e. The fraction of sp³-hybridized carbons (Fsp3) is 0.571. The van der Waals surface area contributed by atoms with Gasteiger partial charge in [0.1, 0.15) is 0 Å². The van der Waals surface area contributed by atoms with Gasteiger partial charge in [-0.15, -0.1) is 0 Å². The Bertz CT molecular complexity index is 392. The van der Waals surface area contributed by atoms with Gasteiger partial charge in [-0.1, -0.05) is 13.8 Å². The van der Waals surface area contributed by atoms with Crippen LogP contribution in [0.15, 0.2) is 18.3 Å². The van der Waals surface area contributed by atoms with Crippen molar-refractivity contribution in [3.63, 3.8) is 0 Å². The van der Waals surface area contributed by atoms with Gasteiger partial charge in [0.2, 0.25) is 5.91 Å². The summed E-state index contributed by atoms with van der Waals surface area (Å²) in [5, 5.41) is 12.3. The van der Waals surface area contributed by atoms with Crippen molar-refractivity contribution in [1.82, 2.24) is 10.3 Å². The van der Waals surface area contributed by atoms with Gasteiger partial charge in [-0.25, -0.2) is 0 Å². The summed E-state index contributed by atoms with van der Waals surface area (Å²) < 4.78 is 0. The minimum Gasteiger partial charge on any atom is -0.387 e. The molecule has 0 aliphatic carbocycles. The Labute approximate surface area is 114 Å². The number of hydrogen-bond acceptors (Lipinski definition) is 4. The Morgan fingerprint density at radius 3 is 2.68 bits per heavy atom. The van der Waals surface area contributed by atoms with Gasteiger partial charge in [0.05, 0.1) is 30.2 Å². The fourth-order valence-electron chi connectivity index (χ4n) is 1.81. The number of nitrogens with one attached hydrogen (secondary N) is 1. The molecule has 1 aromatic rings. The summed E-state index contributed by atoms with van der Waals surface area (Å²) in [7, 11) is 1.63. The van der Waals surface area contributed by atoms with Crippen molar-refractivity contribution in [2.45, 2.75) is 32.8 Å². The molecule has 0 saturated carbocycles. The van der Waals surface area contributed by atoms with Gasteiger partial charge >= 0.3 is 0 Å². The Kier molecular flexibility index (Phi) is 6.29. The van der Waals surface area contributed by atoms with E-state index < -0.39 is 6.10 Å². The predicted molar refractivity (Wildman–Crippen MR) is 76.1 cm³/mol. The van der Waals surface area contributed by atoms with E-state index in [1.807, 2.05) is 24.0 Å². The second kappa shape index (κ2) is 7.74. The van der Waals surface area contributed by atoms with Gasteiger partial charge in [-0.2, -0.15) is 0 Å². The van der Waals surface area contributed by atoms with E-state index in [1.165, 1.54) is 0 Å². The van der Waals surface area contributed by atoms with E-state index in [4.69, 9.17) is 0 Å². The second-order valence-electron chi connectivity index (χ2n) is 4.46. The molecule has 0 aliphatic heterocycles. The zero-order valence-corrected chi connectivity index (χ0v) is 11.9. The van der Waals surface area contributed by atoms with Gasteiger partial charge in [0.15, 0.2) is 0 Å². The van der Waals surface area contributed by atoms with Crippen molar-refractivity contribution in [1.29, 1.82) is 0 Å². The first-order valence-electron chi connectivity index (χ1n) is 6.71.